The van der Waals surface area contributed by atoms with Gasteiger partial charge in [-0.15, -0.1) is 11.3 Å². The van der Waals surface area contributed by atoms with Crippen LogP contribution in [0, 0.1) is 0 Å². The topological polar surface area (TPSA) is 86.8 Å². The van der Waals surface area contributed by atoms with Crippen molar-refractivity contribution in [2.75, 3.05) is 13.1 Å². The molecule has 1 saturated heterocycles. The number of piperidine rings is 1. The highest BCUT2D eigenvalue weighted by Crippen LogP contribution is 2.28. The maximum absolute atomic E-state index is 12.7. The second-order valence-corrected chi connectivity index (χ2v) is 7.03. The predicted octanol–water partition coefficient (Wildman–Crippen LogP) is 2.15. The van der Waals surface area contributed by atoms with Crippen LogP contribution in [0.25, 0.3) is 10.2 Å². The SMILES string of the molecule is CCn1c(C2CCN(C(=O)c3cc4sccc4[nH]3)CC2)n[nH]c1=O. The molecule has 1 amide bonds. The zero-order valence-electron chi connectivity index (χ0n) is 13.4. The Labute approximate surface area is 142 Å². The first-order chi connectivity index (χ1) is 11.7. The quantitative estimate of drug-likeness (QED) is 0.762. The Morgan fingerprint density at radius 2 is 2.21 bits per heavy atom. The fourth-order valence-electron chi connectivity index (χ4n) is 3.42. The van der Waals surface area contributed by atoms with Gasteiger partial charge >= 0.3 is 5.69 Å². The highest BCUT2D eigenvalue weighted by molar-refractivity contribution is 7.17. The molecule has 2 N–H and O–H groups in total. The Kier molecular flexibility index (Phi) is 3.76. The number of hydrogen-bond donors (Lipinski definition) is 2. The molecule has 24 heavy (non-hydrogen) atoms. The lowest BCUT2D eigenvalue weighted by molar-refractivity contribution is 0.0705. The van der Waals surface area contributed by atoms with Crippen LogP contribution < -0.4 is 5.69 Å². The van der Waals surface area contributed by atoms with Crippen molar-refractivity contribution in [3.63, 3.8) is 0 Å². The van der Waals surface area contributed by atoms with Crippen molar-refractivity contribution in [2.45, 2.75) is 32.2 Å². The number of nitrogens with one attached hydrogen (secondary N) is 2. The highest BCUT2D eigenvalue weighted by atomic mass is 32.1. The van der Waals surface area contributed by atoms with Gasteiger partial charge in [-0.3, -0.25) is 9.36 Å². The van der Waals surface area contributed by atoms with Gasteiger partial charge in [-0.25, -0.2) is 9.89 Å². The Hall–Kier alpha value is -2.35. The summed E-state index contributed by atoms with van der Waals surface area (Å²) in [6.45, 7) is 3.92. The maximum Gasteiger partial charge on any atom is 0.343 e. The van der Waals surface area contributed by atoms with E-state index in [9.17, 15) is 9.59 Å². The second kappa shape index (κ2) is 5.94. The number of amides is 1. The molecule has 3 aromatic heterocycles. The summed E-state index contributed by atoms with van der Waals surface area (Å²) in [5.74, 6) is 1.09. The molecule has 4 heterocycles. The Bertz CT molecular complexity index is 897. The molecule has 4 rings (SSSR count). The molecular weight excluding hydrogens is 326 g/mol. The molecule has 7 nitrogen and oxygen atoms in total. The molecule has 0 aromatic carbocycles. The summed E-state index contributed by atoms with van der Waals surface area (Å²) in [5.41, 5.74) is 1.51. The molecule has 0 saturated carbocycles. The Balaban J connectivity index is 1.46. The standard InChI is InChI=1S/C16H19N5O2S/c1-2-21-14(18-19-16(21)23)10-3-6-20(7-4-10)15(22)12-9-13-11(17-12)5-8-24-13/h5,8-10,17H,2-4,6-7H2,1H3,(H,19,23). The largest absolute Gasteiger partial charge is 0.350 e. The molecule has 0 aliphatic carbocycles. The van der Waals surface area contributed by atoms with Crippen LogP contribution in [0.5, 0.6) is 0 Å². The fourth-order valence-corrected chi connectivity index (χ4v) is 4.20. The summed E-state index contributed by atoms with van der Waals surface area (Å²) in [7, 11) is 0. The van der Waals surface area contributed by atoms with Crippen molar-refractivity contribution in [2.24, 2.45) is 0 Å². The van der Waals surface area contributed by atoms with E-state index in [0.717, 1.165) is 28.9 Å². The van der Waals surface area contributed by atoms with Crippen LogP contribution in [0.2, 0.25) is 0 Å². The third-order valence-corrected chi connectivity index (χ3v) is 5.59. The summed E-state index contributed by atoms with van der Waals surface area (Å²) in [4.78, 5) is 29.4. The van der Waals surface area contributed by atoms with Crippen LogP contribution in [0.1, 0.15) is 42.0 Å². The number of carbonyl (C=O) groups excluding carboxylic acids is 1. The summed E-state index contributed by atoms with van der Waals surface area (Å²) < 4.78 is 2.79. The number of hydrogen-bond acceptors (Lipinski definition) is 4. The first-order valence-electron chi connectivity index (χ1n) is 8.18. The van der Waals surface area contributed by atoms with E-state index in [4.69, 9.17) is 0 Å². The average Bonchev–Trinajstić information content (AvgIpc) is 3.28. The van der Waals surface area contributed by atoms with Crippen LogP contribution in [0.4, 0.5) is 0 Å². The molecule has 1 aliphatic rings. The molecule has 0 spiro atoms. The Morgan fingerprint density at radius 1 is 1.42 bits per heavy atom. The zero-order chi connectivity index (χ0) is 16.7. The summed E-state index contributed by atoms with van der Waals surface area (Å²) >= 11 is 1.63. The second-order valence-electron chi connectivity index (χ2n) is 6.08. The average molecular weight is 345 g/mol. The molecule has 0 bridgehead atoms. The monoisotopic (exact) mass is 345 g/mol. The number of fused-ring (bicyclic) bond motifs is 1. The van der Waals surface area contributed by atoms with E-state index >= 15 is 0 Å². The lowest BCUT2D eigenvalue weighted by Gasteiger charge is -2.31. The van der Waals surface area contributed by atoms with E-state index in [1.54, 1.807) is 15.9 Å². The van der Waals surface area contributed by atoms with Gasteiger partial charge in [0.25, 0.3) is 5.91 Å². The van der Waals surface area contributed by atoms with E-state index < -0.39 is 0 Å². The summed E-state index contributed by atoms with van der Waals surface area (Å²) in [5, 5.41) is 8.72. The van der Waals surface area contributed by atoms with E-state index in [-0.39, 0.29) is 17.5 Å². The van der Waals surface area contributed by atoms with Gasteiger partial charge in [0, 0.05) is 25.6 Å². The molecule has 126 valence electrons. The van der Waals surface area contributed by atoms with Crippen LogP contribution >= 0.6 is 11.3 Å². The van der Waals surface area contributed by atoms with E-state index in [1.165, 1.54) is 0 Å². The van der Waals surface area contributed by atoms with Crippen molar-refractivity contribution in [1.82, 2.24) is 24.6 Å². The fraction of sp³-hybridized carbons (Fsp3) is 0.438. The van der Waals surface area contributed by atoms with Gasteiger partial charge in [0.05, 0.1) is 10.2 Å². The smallest absolute Gasteiger partial charge is 0.343 e. The van der Waals surface area contributed by atoms with Crippen molar-refractivity contribution in [3.05, 3.63) is 39.5 Å². The van der Waals surface area contributed by atoms with Gasteiger partial charge in [0.1, 0.15) is 11.5 Å². The minimum atomic E-state index is -0.155. The van der Waals surface area contributed by atoms with Crippen molar-refractivity contribution >= 4 is 27.5 Å². The van der Waals surface area contributed by atoms with E-state index in [1.807, 2.05) is 29.3 Å². The van der Waals surface area contributed by atoms with Gasteiger partial charge in [-0.05, 0) is 37.3 Å². The van der Waals surface area contributed by atoms with Gasteiger partial charge in [0.15, 0.2) is 0 Å². The minimum Gasteiger partial charge on any atom is -0.350 e. The molecule has 3 aromatic rings. The highest BCUT2D eigenvalue weighted by Gasteiger charge is 2.28. The summed E-state index contributed by atoms with van der Waals surface area (Å²) in [6, 6.07) is 3.92. The van der Waals surface area contributed by atoms with Crippen LogP contribution in [0.3, 0.4) is 0 Å². The molecular formula is C16H19N5O2S. The van der Waals surface area contributed by atoms with Gasteiger partial charge < -0.3 is 9.88 Å². The van der Waals surface area contributed by atoms with Gasteiger partial charge in [0.2, 0.25) is 0 Å². The number of aromatic amines is 2. The summed E-state index contributed by atoms with van der Waals surface area (Å²) in [6.07, 6.45) is 1.65. The number of rotatable bonds is 3. The van der Waals surface area contributed by atoms with Crippen molar-refractivity contribution in [3.8, 4) is 0 Å². The van der Waals surface area contributed by atoms with Crippen molar-refractivity contribution in [1.29, 1.82) is 0 Å². The number of H-pyrrole nitrogens is 2. The van der Waals surface area contributed by atoms with Gasteiger partial charge in [-0.1, -0.05) is 0 Å². The normalized spacial score (nSPS) is 16.1. The minimum absolute atomic E-state index is 0.0479. The number of thiophene rings is 1. The van der Waals surface area contributed by atoms with Crippen LogP contribution in [0.15, 0.2) is 22.3 Å². The molecule has 1 aliphatic heterocycles. The number of carbonyl (C=O) groups is 1. The lowest BCUT2D eigenvalue weighted by atomic mass is 9.95. The maximum atomic E-state index is 12.7. The van der Waals surface area contributed by atoms with Gasteiger partial charge in [-0.2, -0.15) is 5.10 Å². The lowest BCUT2D eigenvalue weighted by Crippen LogP contribution is -2.38. The number of likely N-dealkylation sites (tertiary alicyclic amines) is 1. The molecule has 0 atom stereocenters. The first kappa shape index (κ1) is 15.2. The molecule has 0 unspecified atom stereocenters. The van der Waals surface area contributed by atoms with E-state index in [2.05, 4.69) is 15.2 Å². The predicted molar refractivity (Wildman–Crippen MR) is 92.6 cm³/mol. The van der Waals surface area contributed by atoms with Crippen LogP contribution in [-0.4, -0.2) is 43.6 Å². The zero-order valence-corrected chi connectivity index (χ0v) is 14.2. The first-order valence-corrected chi connectivity index (χ1v) is 9.06. The molecule has 8 heteroatoms. The molecule has 1 fully saturated rings. The number of aromatic nitrogens is 4. The van der Waals surface area contributed by atoms with Crippen molar-refractivity contribution < 1.29 is 4.79 Å². The van der Waals surface area contributed by atoms with Crippen LogP contribution in [-0.2, 0) is 6.54 Å². The third kappa shape index (κ3) is 2.47. The molecule has 0 radical (unpaired) electrons. The number of nitrogens with zero attached hydrogens (tertiary/aromatic N) is 3. The Morgan fingerprint density at radius 3 is 2.92 bits per heavy atom. The third-order valence-electron chi connectivity index (χ3n) is 4.72. The van der Waals surface area contributed by atoms with E-state index in [0.29, 0.717) is 25.3 Å².